The van der Waals surface area contributed by atoms with Crippen LogP contribution in [0.15, 0.2) is 34.2 Å². The van der Waals surface area contributed by atoms with Crippen molar-refractivity contribution in [3.05, 3.63) is 50.6 Å². The van der Waals surface area contributed by atoms with Crippen molar-refractivity contribution in [1.29, 1.82) is 0 Å². The van der Waals surface area contributed by atoms with Gasteiger partial charge < -0.3 is 9.64 Å². The minimum atomic E-state index is -0.345. The van der Waals surface area contributed by atoms with Gasteiger partial charge in [0.05, 0.1) is 23.9 Å². The summed E-state index contributed by atoms with van der Waals surface area (Å²) in [4.78, 5) is 34.2. The molecule has 0 spiro atoms. The fraction of sp³-hybridized carbons (Fsp3) is 0.350. The Hall–Kier alpha value is -2.16. The molecule has 146 valence electrons. The first-order valence-electron chi connectivity index (χ1n) is 9.00. The number of thioether (sulfide) groups is 1. The number of rotatable bonds is 4. The lowest BCUT2D eigenvalue weighted by atomic mass is 10.1. The van der Waals surface area contributed by atoms with E-state index < -0.39 is 0 Å². The van der Waals surface area contributed by atoms with Gasteiger partial charge in [0, 0.05) is 18.0 Å². The van der Waals surface area contributed by atoms with Crippen molar-refractivity contribution >= 4 is 39.3 Å². The Morgan fingerprint density at radius 3 is 2.79 bits per heavy atom. The predicted molar refractivity (Wildman–Crippen MR) is 113 cm³/mol. The third-order valence-corrected chi connectivity index (χ3v) is 6.90. The minimum absolute atomic E-state index is 0.0664. The number of benzene rings is 1. The van der Waals surface area contributed by atoms with Crippen molar-refractivity contribution in [3.63, 3.8) is 0 Å². The SMILES string of the molecule is COC(=O)CSc1nc2sc3c(c2c(=O)n1-c1ccc(C)cc1)CCN(C)C3. The molecule has 0 amide bonds. The van der Waals surface area contributed by atoms with Crippen LogP contribution in [0.1, 0.15) is 16.0 Å². The molecule has 6 nitrogen and oxygen atoms in total. The van der Waals surface area contributed by atoms with Crippen molar-refractivity contribution in [2.24, 2.45) is 0 Å². The highest BCUT2D eigenvalue weighted by Crippen LogP contribution is 2.34. The van der Waals surface area contributed by atoms with E-state index in [1.165, 1.54) is 23.7 Å². The van der Waals surface area contributed by atoms with Gasteiger partial charge >= 0.3 is 5.97 Å². The number of hydrogen-bond acceptors (Lipinski definition) is 7. The number of esters is 1. The molecule has 0 saturated heterocycles. The summed E-state index contributed by atoms with van der Waals surface area (Å²) in [5.74, 6) is -0.240. The van der Waals surface area contributed by atoms with E-state index in [-0.39, 0.29) is 17.3 Å². The first kappa shape index (κ1) is 19.2. The van der Waals surface area contributed by atoms with E-state index >= 15 is 0 Å². The van der Waals surface area contributed by atoms with E-state index in [0.29, 0.717) is 5.16 Å². The second-order valence-corrected chi connectivity index (χ2v) is 8.93. The summed E-state index contributed by atoms with van der Waals surface area (Å²) >= 11 is 2.81. The van der Waals surface area contributed by atoms with Crippen LogP contribution in [0.2, 0.25) is 0 Å². The van der Waals surface area contributed by atoms with Crippen LogP contribution in [-0.2, 0) is 22.5 Å². The first-order valence-corrected chi connectivity index (χ1v) is 10.8. The van der Waals surface area contributed by atoms with E-state index in [2.05, 4.69) is 11.9 Å². The molecule has 2 aromatic heterocycles. The second kappa shape index (κ2) is 7.69. The topological polar surface area (TPSA) is 64.4 Å². The molecule has 3 heterocycles. The van der Waals surface area contributed by atoms with Crippen LogP contribution in [0, 0.1) is 6.92 Å². The third kappa shape index (κ3) is 3.47. The van der Waals surface area contributed by atoms with Crippen LogP contribution >= 0.6 is 23.1 Å². The summed E-state index contributed by atoms with van der Waals surface area (Å²) in [6.45, 7) is 3.78. The zero-order valence-electron chi connectivity index (χ0n) is 16.0. The van der Waals surface area contributed by atoms with Crippen LogP contribution in [-0.4, -0.2) is 46.9 Å². The van der Waals surface area contributed by atoms with E-state index in [4.69, 9.17) is 9.72 Å². The molecule has 28 heavy (non-hydrogen) atoms. The molecule has 0 bridgehead atoms. The molecule has 3 aromatic rings. The highest BCUT2D eigenvalue weighted by molar-refractivity contribution is 7.99. The quantitative estimate of drug-likeness (QED) is 0.371. The Labute approximate surface area is 171 Å². The van der Waals surface area contributed by atoms with Gasteiger partial charge in [-0.2, -0.15) is 0 Å². The number of hydrogen-bond donors (Lipinski definition) is 0. The Morgan fingerprint density at radius 2 is 2.07 bits per heavy atom. The zero-order valence-corrected chi connectivity index (χ0v) is 17.7. The first-order chi connectivity index (χ1) is 13.5. The number of aromatic nitrogens is 2. The molecule has 0 fully saturated rings. The average Bonchev–Trinajstić information content (AvgIpc) is 3.04. The van der Waals surface area contributed by atoms with Crippen LogP contribution in [0.5, 0.6) is 0 Å². The lowest BCUT2D eigenvalue weighted by Crippen LogP contribution is -2.27. The van der Waals surface area contributed by atoms with Crippen LogP contribution in [0.3, 0.4) is 0 Å². The lowest BCUT2D eigenvalue weighted by Gasteiger charge is -2.21. The normalized spacial score (nSPS) is 14.2. The van der Waals surface area contributed by atoms with Gasteiger partial charge in [-0.15, -0.1) is 11.3 Å². The molecule has 0 saturated carbocycles. The molecule has 1 aliphatic heterocycles. The zero-order chi connectivity index (χ0) is 19.8. The number of nitrogens with zero attached hydrogens (tertiary/aromatic N) is 3. The summed E-state index contributed by atoms with van der Waals surface area (Å²) < 4.78 is 6.38. The third-order valence-electron chi connectivity index (χ3n) is 4.87. The molecular weight excluding hydrogens is 394 g/mol. The smallest absolute Gasteiger partial charge is 0.316 e. The molecule has 0 N–H and O–H groups in total. The maximum atomic E-state index is 13.5. The molecule has 0 unspecified atom stereocenters. The lowest BCUT2D eigenvalue weighted by molar-refractivity contribution is -0.137. The summed E-state index contributed by atoms with van der Waals surface area (Å²) in [6.07, 6.45) is 0.852. The molecule has 1 aliphatic rings. The fourth-order valence-electron chi connectivity index (χ4n) is 3.35. The van der Waals surface area contributed by atoms with Crippen molar-refractivity contribution in [2.75, 3.05) is 26.5 Å². The number of likely N-dealkylation sites (N-methyl/N-ethyl adjacent to an activating group) is 1. The molecule has 0 atom stereocenters. The minimum Gasteiger partial charge on any atom is -0.468 e. The van der Waals surface area contributed by atoms with Gasteiger partial charge in [0.15, 0.2) is 5.16 Å². The highest BCUT2D eigenvalue weighted by Gasteiger charge is 2.24. The molecule has 8 heteroatoms. The maximum absolute atomic E-state index is 13.5. The van der Waals surface area contributed by atoms with Crippen molar-refractivity contribution in [1.82, 2.24) is 14.5 Å². The van der Waals surface area contributed by atoms with E-state index in [1.54, 1.807) is 15.9 Å². The van der Waals surface area contributed by atoms with Gasteiger partial charge in [-0.05, 0) is 38.1 Å². The van der Waals surface area contributed by atoms with Crippen LogP contribution in [0.25, 0.3) is 15.9 Å². The Morgan fingerprint density at radius 1 is 1.32 bits per heavy atom. The number of ether oxygens (including phenoxy) is 1. The molecule has 0 aliphatic carbocycles. The van der Waals surface area contributed by atoms with Crippen molar-refractivity contribution < 1.29 is 9.53 Å². The number of methoxy groups -OCH3 is 1. The number of fused-ring (bicyclic) bond motifs is 3. The number of aryl methyl sites for hydroxylation is 1. The Kier molecular flexibility index (Phi) is 5.27. The Balaban J connectivity index is 1.92. The maximum Gasteiger partial charge on any atom is 0.316 e. The van der Waals surface area contributed by atoms with E-state index in [9.17, 15) is 9.59 Å². The fourth-order valence-corrected chi connectivity index (χ4v) is 5.54. The molecule has 1 aromatic carbocycles. The van der Waals surface area contributed by atoms with Gasteiger partial charge in [0.2, 0.25) is 0 Å². The molecule has 0 radical (unpaired) electrons. The number of carbonyl (C=O) groups excluding carboxylic acids is 1. The standard InChI is InChI=1S/C20H21N3O3S2/c1-12-4-6-13(7-5-12)23-19(25)17-14-8-9-22(2)10-15(14)28-18(17)21-20(23)27-11-16(24)26-3/h4-7H,8-11H2,1-3H3. The van der Waals surface area contributed by atoms with Crippen LogP contribution < -0.4 is 5.56 Å². The van der Waals surface area contributed by atoms with Gasteiger partial charge in [-0.25, -0.2) is 4.98 Å². The largest absolute Gasteiger partial charge is 0.468 e. The van der Waals surface area contributed by atoms with Gasteiger partial charge in [0.1, 0.15) is 4.83 Å². The second-order valence-electron chi connectivity index (χ2n) is 6.91. The van der Waals surface area contributed by atoms with Crippen molar-refractivity contribution in [2.45, 2.75) is 25.0 Å². The summed E-state index contributed by atoms with van der Waals surface area (Å²) in [6, 6.07) is 7.77. The summed E-state index contributed by atoms with van der Waals surface area (Å²) in [5.41, 5.74) is 2.93. The highest BCUT2D eigenvalue weighted by atomic mass is 32.2. The number of thiophene rings is 1. The van der Waals surface area contributed by atoms with E-state index in [1.807, 2.05) is 31.2 Å². The summed E-state index contributed by atoms with van der Waals surface area (Å²) in [5, 5.41) is 1.23. The average molecular weight is 416 g/mol. The Bertz CT molecular complexity index is 1100. The molecule has 4 rings (SSSR count). The van der Waals surface area contributed by atoms with Gasteiger partial charge in [-0.1, -0.05) is 29.5 Å². The van der Waals surface area contributed by atoms with E-state index in [0.717, 1.165) is 46.5 Å². The summed E-state index contributed by atoms with van der Waals surface area (Å²) in [7, 11) is 3.44. The van der Waals surface area contributed by atoms with Crippen LogP contribution in [0.4, 0.5) is 0 Å². The monoisotopic (exact) mass is 415 g/mol. The molecular formula is C20H21N3O3S2. The predicted octanol–water partition coefficient (Wildman–Crippen LogP) is 3.01. The van der Waals surface area contributed by atoms with Gasteiger partial charge in [-0.3, -0.25) is 14.2 Å². The van der Waals surface area contributed by atoms with Crippen molar-refractivity contribution in [3.8, 4) is 5.69 Å². The number of carbonyl (C=O) groups is 1. The van der Waals surface area contributed by atoms with Gasteiger partial charge in [0.25, 0.3) is 5.56 Å².